The minimum absolute atomic E-state index is 0.0738. The van der Waals surface area contributed by atoms with Crippen LogP contribution in [0.5, 0.6) is 0 Å². The Morgan fingerprint density at radius 1 is 0.884 bits per heavy atom. The quantitative estimate of drug-likeness (QED) is 0.163. The summed E-state index contributed by atoms with van der Waals surface area (Å²) in [5.41, 5.74) is 2.17. The maximum atomic E-state index is 13.8. The van der Waals surface area contributed by atoms with Crippen molar-refractivity contribution in [3.63, 3.8) is 0 Å². The number of hydrogen-bond donors (Lipinski definition) is 2. The number of carboxylic acid groups (broad SMARTS) is 1. The minimum atomic E-state index is -1.09. The summed E-state index contributed by atoms with van der Waals surface area (Å²) in [6.45, 7) is 4.50. The third-order valence-electron chi connectivity index (χ3n) is 7.87. The third-order valence-corrected chi connectivity index (χ3v) is 7.87. The van der Waals surface area contributed by atoms with Crippen LogP contribution >= 0.6 is 0 Å². The minimum Gasteiger partial charge on any atom is -0.481 e. The highest BCUT2D eigenvalue weighted by atomic mass is 16.5. The zero-order valence-corrected chi connectivity index (χ0v) is 24.9. The van der Waals surface area contributed by atoms with Crippen LogP contribution in [-0.2, 0) is 33.4 Å². The Kier molecular flexibility index (Phi) is 12.4. The van der Waals surface area contributed by atoms with Crippen molar-refractivity contribution in [1.82, 2.24) is 0 Å². The maximum Gasteiger partial charge on any atom is 0.309 e. The number of amides is 2. The molecular formula is C33H41NO9. The van der Waals surface area contributed by atoms with Crippen LogP contribution in [0.2, 0.25) is 0 Å². The molecule has 5 atom stereocenters. The van der Waals surface area contributed by atoms with Crippen molar-refractivity contribution in [3.8, 4) is 11.1 Å². The summed E-state index contributed by atoms with van der Waals surface area (Å²) in [5, 5.41) is 18.7. The Labute approximate surface area is 252 Å². The molecule has 0 bridgehead atoms. The van der Waals surface area contributed by atoms with Gasteiger partial charge >= 0.3 is 17.9 Å². The van der Waals surface area contributed by atoms with E-state index < -0.39 is 65.9 Å². The number of unbranched alkanes of at least 4 members (excludes halogenated alkanes) is 1. The SMILES string of the molecule is CCCCOC(=O)C(CC(C)C(=O)O)CC(CC1C(=O)N(c2cccc(-c3ccccc3)c2)C(=O)C1C)C(=O)OCCO. The second kappa shape index (κ2) is 16.0. The Morgan fingerprint density at radius 3 is 2.19 bits per heavy atom. The molecule has 0 spiro atoms. The van der Waals surface area contributed by atoms with Gasteiger partial charge in [0.2, 0.25) is 11.8 Å². The fraction of sp³-hybridized carbons (Fsp3) is 0.485. The average molecular weight is 596 g/mol. The molecule has 2 amide bonds. The number of ether oxygens (including phenoxy) is 2. The average Bonchev–Trinajstić information content (AvgIpc) is 3.21. The Balaban J connectivity index is 1.88. The van der Waals surface area contributed by atoms with Crippen LogP contribution in [0.1, 0.15) is 52.9 Å². The number of aliphatic hydroxyl groups excluding tert-OH is 1. The molecular weight excluding hydrogens is 554 g/mol. The first-order chi connectivity index (χ1) is 20.6. The second-order valence-corrected chi connectivity index (χ2v) is 11.1. The van der Waals surface area contributed by atoms with Crippen molar-refractivity contribution >= 4 is 35.4 Å². The summed E-state index contributed by atoms with van der Waals surface area (Å²) in [7, 11) is 0. The van der Waals surface area contributed by atoms with Gasteiger partial charge in [0, 0.05) is 5.92 Å². The van der Waals surface area contributed by atoms with Crippen LogP contribution in [0.25, 0.3) is 11.1 Å². The highest BCUT2D eigenvalue weighted by molar-refractivity contribution is 6.22. The summed E-state index contributed by atoms with van der Waals surface area (Å²) in [6.07, 6.45) is 1.13. The number of hydrogen-bond acceptors (Lipinski definition) is 8. The number of imide groups is 1. The van der Waals surface area contributed by atoms with Gasteiger partial charge in [0.25, 0.3) is 0 Å². The molecule has 10 heteroatoms. The van der Waals surface area contributed by atoms with Crippen molar-refractivity contribution in [3.05, 3.63) is 54.6 Å². The van der Waals surface area contributed by atoms with Crippen molar-refractivity contribution in [2.75, 3.05) is 24.7 Å². The Bertz CT molecular complexity index is 1280. The van der Waals surface area contributed by atoms with Crippen LogP contribution in [0, 0.1) is 29.6 Å². The zero-order chi connectivity index (χ0) is 31.5. The van der Waals surface area contributed by atoms with E-state index in [1.807, 2.05) is 43.3 Å². The fourth-order valence-corrected chi connectivity index (χ4v) is 5.33. The van der Waals surface area contributed by atoms with E-state index in [-0.39, 0.29) is 32.5 Å². The molecule has 2 N–H and O–H groups in total. The van der Waals surface area contributed by atoms with Crippen molar-refractivity contribution in [1.29, 1.82) is 0 Å². The molecule has 5 unspecified atom stereocenters. The summed E-state index contributed by atoms with van der Waals surface area (Å²) >= 11 is 0. The highest BCUT2D eigenvalue weighted by Crippen LogP contribution is 2.38. The number of rotatable bonds is 16. The van der Waals surface area contributed by atoms with Crippen molar-refractivity contribution in [2.45, 2.75) is 52.9 Å². The van der Waals surface area contributed by atoms with Gasteiger partial charge in [-0.25, -0.2) is 0 Å². The van der Waals surface area contributed by atoms with E-state index in [1.165, 1.54) is 6.92 Å². The number of benzene rings is 2. The van der Waals surface area contributed by atoms with Crippen molar-refractivity contribution in [2.24, 2.45) is 29.6 Å². The molecule has 0 saturated carbocycles. The number of carbonyl (C=O) groups is 5. The first-order valence-corrected chi connectivity index (χ1v) is 14.8. The maximum absolute atomic E-state index is 13.8. The van der Waals surface area contributed by atoms with E-state index in [4.69, 9.17) is 9.47 Å². The van der Waals surface area contributed by atoms with E-state index in [0.717, 1.165) is 22.4 Å². The number of carbonyl (C=O) groups excluding carboxylic acids is 4. The zero-order valence-electron chi connectivity index (χ0n) is 24.9. The molecule has 0 aromatic heterocycles. The Hall–Kier alpha value is -4.05. The summed E-state index contributed by atoms with van der Waals surface area (Å²) in [4.78, 5) is 66.1. The predicted octanol–water partition coefficient (Wildman–Crippen LogP) is 4.48. The van der Waals surface area contributed by atoms with Gasteiger partial charge in [-0.1, -0.05) is 69.7 Å². The molecule has 43 heavy (non-hydrogen) atoms. The molecule has 1 aliphatic rings. The number of aliphatic hydroxyl groups is 1. The molecule has 1 fully saturated rings. The van der Waals surface area contributed by atoms with E-state index in [0.29, 0.717) is 12.1 Å². The van der Waals surface area contributed by atoms with Gasteiger partial charge in [-0.15, -0.1) is 0 Å². The lowest BCUT2D eigenvalue weighted by Gasteiger charge is -2.25. The molecule has 3 rings (SSSR count). The third kappa shape index (κ3) is 8.73. The molecule has 232 valence electrons. The topological polar surface area (TPSA) is 148 Å². The monoisotopic (exact) mass is 595 g/mol. The molecule has 0 aliphatic carbocycles. The van der Waals surface area contributed by atoms with Gasteiger partial charge in [0.15, 0.2) is 0 Å². The molecule has 2 aromatic rings. The largest absolute Gasteiger partial charge is 0.481 e. The van der Waals surface area contributed by atoms with Crippen LogP contribution in [-0.4, -0.2) is 59.8 Å². The predicted molar refractivity (Wildman–Crippen MR) is 159 cm³/mol. The molecule has 1 heterocycles. The highest BCUT2D eigenvalue weighted by Gasteiger charge is 2.48. The van der Waals surface area contributed by atoms with Crippen LogP contribution in [0.15, 0.2) is 54.6 Å². The standard InChI is InChI=1S/C33H41NO9/c1-4-5-15-42-32(40)25(17-21(2)31(38)39)18-26(33(41)43-16-14-35)20-28-22(3)29(36)34(30(28)37)27-13-9-12-24(19-27)23-10-7-6-8-11-23/h6-13,19,21-22,25-26,28,35H,4-5,14-18,20H2,1-3H3,(H,38,39). The lowest BCUT2D eigenvalue weighted by Crippen LogP contribution is -2.33. The Morgan fingerprint density at radius 2 is 1.53 bits per heavy atom. The number of esters is 2. The summed E-state index contributed by atoms with van der Waals surface area (Å²) in [5.74, 6) is -7.82. The van der Waals surface area contributed by atoms with Crippen LogP contribution in [0.4, 0.5) is 5.69 Å². The lowest BCUT2D eigenvalue weighted by molar-refractivity contribution is -0.155. The van der Waals surface area contributed by atoms with Crippen LogP contribution < -0.4 is 4.90 Å². The van der Waals surface area contributed by atoms with Gasteiger partial charge in [0.1, 0.15) is 6.61 Å². The fourth-order valence-electron chi connectivity index (χ4n) is 5.33. The van der Waals surface area contributed by atoms with E-state index in [2.05, 4.69) is 0 Å². The van der Waals surface area contributed by atoms with Gasteiger partial charge in [-0.05, 0) is 48.9 Å². The molecule has 10 nitrogen and oxygen atoms in total. The van der Waals surface area contributed by atoms with Gasteiger partial charge in [0.05, 0.1) is 42.6 Å². The lowest BCUT2D eigenvalue weighted by atomic mass is 9.80. The molecule has 2 aromatic carbocycles. The number of anilines is 1. The normalized spacial score (nSPS) is 18.7. The summed E-state index contributed by atoms with van der Waals surface area (Å²) < 4.78 is 10.6. The molecule has 1 aliphatic heterocycles. The van der Waals surface area contributed by atoms with Crippen molar-refractivity contribution < 1.29 is 43.7 Å². The van der Waals surface area contributed by atoms with E-state index in [9.17, 15) is 34.2 Å². The molecule has 1 saturated heterocycles. The number of aliphatic carboxylic acids is 1. The molecule has 0 radical (unpaired) electrons. The first-order valence-electron chi connectivity index (χ1n) is 14.8. The number of carboxylic acids is 1. The van der Waals surface area contributed by atoms with Gasteiger partial charge in [-0.3, -0.25) is 28.9 Å². The second-order valence-electron chi connectivity index (χ2n) is 11.1. The number of nitrogens with zero attached hydrogens (tertiary/aromatic N) is 1. The van der Waals surface area contributed by atoms with E-state index in [1.54, 1.807) is 25.1 Å². The first kappa shape index (κ1) is 33.5. The smallest absolute Gasteiger partial charge is 0.309 e. The van der Waals surface area contributed by atoms with Gasteiger partial charge < -0.3 is 19.7 Å². The summed E-state index contributed by atoms with van der Waals surface area (Å²) in [6, 6.07) is 16.6. The van der Waals surface area contributed by atoms with Gasteiger partial charge in [-0.2, -0.15) is 0 Å². The van der Waals surface area contributed by atoms with Crippen LogP contribution in [0.3, 0.4) is 0 Å². The van der Waals surface area contributed by atoms with E-state index >= 15 is 0 Å².